The molecule has 1 aromatic heterocycles. The van der Waals surface area contributed by atoms with Crippen molar-refractivity contribution in [3.63, 3.8) is 0 Å². The molecule has 2 heterocycles. The first-order valence-corrected chi connectivity index (χ1v) is 7.67. The van der Waals surface area contributed by atoms with Crippen molar-refractivity contribution < 1.29 is 4.79 Å². The summed E-state index contributed by atoms with van der Waals surface area (Å²) in [5.41, 5.74) is 1.42. The second-order valence-electron chi connectivity index (χ2n) is 5.31. The highest BCUT2D eigenvalue weighted by molar-refractivity contribution is 7.14. The lowest BCUT2D eigenvalue weighted by molar-refractivity contribution is 0.0708. The van der Waals surface area contributed by atoms with E-state index in [1.807, 2.05) is 11.9 Å². The first-order chi connectivity index (χ1) is 8.75. The van der Waals surface area contributed by atoms with E-state index in [9.17, 15) is 4.79 Å². The maximum absolute atomic E-state index is 12.5. The SMILES string of the molecule is CN(C(=O)c1cc2c(s1)CCC2)C1CCNCC1. The zero-order valence-electron chi connectivity index (χ0n) is 10.9. The molecule has 0 saturated carbocycles. The maximum atomic E-state index is 12.5. The van der Waals surface area contributed by atoms with Gasteiger partial charge in [-0.25, -0.2) is 0 Å². The molecule has 0 atom stereocenters. The summed E-state index contributed by atoms with van der Waals surface area (Å²) in [6.45, 7) is 2.06. The van der Waals surface area contributed by atoms with Crippen LogP contribution >= 0.6 is 11.3 Å². The Kier molecular flexibility index (Phi) is 3.39. The molecule has 1 aliphatic heterocycles. The predicted octanol–water partition coefficient (Wildman–Crippen LogP) is 2.06. The number of carbonyl (C=O) groups excluding carboxylic acids is 1. The number of nitrogens with zero attached hydrogens (tertiary/aromatic N) is 1. The maximum Gasteiger partial charge on any atom is 0.263 e. The van der Waals surface area contributed by atoms with Crippen LogP contribution in [0.1, 0.15) is 39.4 Å². The minimum atomic E-state index is 0.223. The number of carbonyl (C=O) groups is 1. The number of hydrogen-bond acceptors (Lipinski definition) is 3. The van der Waals surface area contributed by atoms with Crippen LogP contribution in [0.15, 0.2) is 6.07 Å². The highest BCUT2D eigenvalue weighted by Crippen LogP contribution is 2.31. The van der Waals surface area contributed by atoms with E-state index < -0.39 is 0 Å². The lowest BCUT2D eigenvalue weighted by atomic mass is 10.1. The second kappa shape index (κ2) is 5.02. The normalized spacial score (nSPS) is 19.8. The molecule has 0 spiro atoms. The Morgan fingerprint density at radius 1 is 1.39 bits per heavy atom. The zero-order valence-corrected chi connectivity index (χ0v) is 11.7. The van der Waals surface area contributed by atoms with Crippen LogP contribution in [-0.2, 0) is 12.8 Å². The molecule has 0 unspecified atom stereocenters. The van der Waals surface area contributed by atoms with Gasteiger partial charge in [0, 0.05) is 18.0 Å². The number of rotatable bonds is 2. The fraction of sp³-hybridized carbons (Fsp3) is 0.643. The van der Waals surface area contributed by atoms with E-state index in [-0.39, 0.29) is 5.91 Å². The molecule has 1 saturated heterocycles. The smallest absolute Gasteiger partial charge is 0.263 e. The van der Waals surface area contributed by atoms with Crippen molar-refractivity contribution in [1.29, 1.82) is 0 Å². The molecule has 1 aromatic rings. The molecular formula is C14H20N2OS. The molecule has 1 aliphatic carbocycles. The van der Waals surface area contributed by atoms with E-state index >= 15 is 0 Å². The Bertz CT molecular complexity index is 427. The lowest BCUT2D eigenvalue weighted by Gasteiger charge is -2.31. The van der Waals surface area contributed by atoms with E-state index in [2.05, 4.69) is 11.4 Å². The van der Waals surface area contributed by atoms with Crippen LogP contribution in [-0.4, -0.2) is 37.0 Å². The van der Waals surface area contributed by atoms with E-state index in [1.54, 1.807) is 11.3 Å². The highest BCUT2D eigenvalue weighted by Gasteiger charge is 2.25. The van der Waals surface area contributed by atoms with Crippen molar-refractivity contribution in [2.24, 2.45) is 0 Å². The van der Waals surface area contributed by atoms with E-state index in [0.717, 1.165) is 37.2 Å². The van der Waals surface area contributed by atoms with Crippen molar-refractivity contribution >= 4 is 17.2 Å². The molecule has 3 rings (SSSR count). The number of piperidine rings is 1. The van der Waals surface area contributed by atoms with Gasteiger partial charge in [0.15, 0.2) is 0 Å². The fourth-order valence-corrected chi connectivity index (χ4v) is 4.20. The highest BCUT2D eigenvalue weighted by atomic mass is 32.1. The minimum Gasteiger partial charge on any atom is -0.338 e. The van der Waals surface area contributed by atoms with Crippen molar-refractivity contribution in [1.82, 2.24) is 10.2 Å². The topological polar surface area (TPSA) is 32.3 Å². The van der Waals surface area contributed by atoms with Crippen molar-refractivity contribution in [2.45, 2.75) is 38.1 Å². The van der Waals surface area contributed by atoms with Gasteiger partial charge in [0.05, 0.1) is 4.88 Å². The van der Waals surface area contributed by atoms with Crippen LogP contribution in [0.25, 0.3) is 0 Å². The number of nitrogens with one attached hydrogen (secondary N) is 1. The first kappa shape index (κ1) is 12.2. The number of thiophene rings is 1. The molecule has 4 heteroatoms. The van der Waals surface area contributed by atoms with Gasteiger partial charge < -0.3 is 10.2 Å². The molecule has 1 N–H and O–H groups in total. The molecule has 18 heavy (non-hydrogen) atoms. The van der Waals surface area contributed by atoms with Crippen molar-refractivity contribution in [3.05, 3.63) is 21.4 Å². The summed E-state index contributed by atoms with van der Waals surface area (Å²) in [6.07, 6.45) is 5.75. The van der Waals surface area contributed by atoms with E-state index in [4.69, 9.17) is 0 Å². The van der Waals surface area contributed by atoms with Gasteiger partial charge in [-0.2, -0.15) is 0 Å². The fourth-order valence-electron chi connectivity index (χ4n) is 2.97. The van der Waals surface area contributed by atoms with Crippen LogP contribution in [0.2, 0.25) is 0 Å². The summed E-state index contributed by atoms with van der Waals surface area (Å²) < 4.78 is 0. The summed E-state index contributed by atoms with van der Waals surface area (Å²) in [5, 5.41) is 3.34. The lowest BCUT2D eigenvalue weighted by Crippen LogP contribution is -2.43. The van der Waals surface area contributed by atoms with Crippen LogP contribution in [0.5, 0.6) is 0 Å². The van der Waals surface area contributed by atoms with Gasteiger partial charge in [-0.1, -0.05) is 0 Å². The Morgan fingerprint density at radius 3 is 2.89 bits per heavy atom. The Morgan fingerprint density at radius 2 is 2.17 bits per heavy atom. The van der Waals surface area contributed by atoms with Crippen LogP contribution in [0, 0.1) is 0 Å². The molecule has 0 radical (unpaired) electrons. The van der Waals surface area contributed by atoms with Gasteiger partial charge in [-0.05, 0) is 56.8 Å². The summed E-state index contributed by atoms with van der Waals surface area (Å²) >= 11 is 1.72. The van der Waals surface area contributed by atoms with Crippen LogP contribution < -0.4 is 5.32 Å². The van der Waals surface area contributed by atoms with Gasteiger partial charge in [0.1, 0.15) is 0 Å². The third kappa shape index (κ3) is 2.19. The number of amides is 1. The van der Waals surface area contributed by atoms with Gasteiger partial charge in [0.25, 0.3) is 5.91 Å². The van der Waals surface area contributed by atoms with Gasteiger partial charge in [-0.3, -0.25) is 4.79 Å². The van der Waals surface area contributed by atoms with Gasteiger partial charge >= 0.3 is 0 Å². The molecule has 0 aromatic carbocycles. The molecule has 2 aliphatic rings. The van der Waals surface area contributed by atoms with Gasteiger partial charge in [-0.15, -0.1) is 11.3 Å². The predicted molar refractivity (Wildman–Crippen MR) is 74.3 cm³/mol. The number of fused-ring (bicyclic) bond motifs is 1. The molecule has 3 nitrogen and oxygen atoms in total. The average molecular weight is 264 g/mol. The largest absolute Gasteiger partial charge is 0.338 e. The third-order valence-corrected chi connectivity index (χ3v) is 5.36. The first-order valence-electron chi connectivity index (χ1n) is 6.85. The average Bonchev–Trinajstić information content (AvgIpc) is 2.99. The molecule has 98 valence electrons. The van der Waals surface area contributed by atoms with Gasteiger partial charge in [0.2, 0.25) is 0 Å². The molecular weight excluding hydrogens is 244 g/mol. The van der Waals surface area contributed by atoms with Crippen molar-refractivity contribution in [3.8, 4) is 0 Å². The second-order valence-corrected chi connectivity index (χ2v) is 6.45. The number of aryl methyl sites for hydroxylation is 2. The summed E-state index contributed by atoms with van der Waals surface area (Å²) in [5.74, 6) is 0.223. The minimum absolute atomic E-state index is 0.223. The molecule has 1 fully saturated rings. The zero-order chi connectivity index (χ0) is 12.5. The van der Waals surface area contributed by atoms with Crippen LogP contribution in [0.3, 0.4) is 0 Å². The third-order valence-electron chi connectivity index (χ3n) is 4.13. The van der Waals surface area contributed by atoms with Crippen molar-refractivity contribution in [2.75, 3.05) is 20.1 Å². The monoisotopic (exact) mass is 264 g/mol. The Balaban J connectivity index is 1.72. The molecule has 0 bridgehead atoms. The summed E-state index contributed by atoms with van der Waals surface area (Å²) in [6, 6.07) is 2.54. The Hall–Kier alpha value is -0.870. The van der Waals surface area contributed by atoms with E-state index in [0.29, 0.717) is 6.04 Å². The Labute approximate surface area is 112 Å². The quantitative estimate of drug-likeness (QED) is 0.887. The standard InChI is InChI=1S/C14H20N2OS/c1-16(11-5-7-15-8-6-11)14(17)13-9-10-3-2-4-12(10)18-13/h9,11,15H,2-8H2,1H3. The molecule has 1 amide bonds. The van der Waals surface area contributed by atoms with Crippen LogP contribution in [0.4, 0.5) is 0 Å². The summed E-state index contributed by atoms with van der Waals surface area (Å²) in [7, 11) is 1.96. The van der Waals surface area contributed by atoms with E-state index in [1.165, 1.54) is 23.3 Å². The summed E-state index contributed by atoms with van der Waals surface area (Å²) in [4.78, 5) is 16.8. The number of hydrogen-bond donors (Lipinski definition) is 1.